The van der Waals surface area contributed by atoms with Crippen molar-refractivity contribution in [3.63, 3.8) is 0 Å². The summed E-state index contributed by atoms with van der Waals surface area (Å²) < 4.78 is 6.33. The van der Waals surface area contributed by atoms with Crippen LogP contribution in [0.25, 0.3) is 0 Å². The van der Waals surface area contributed by atoms with Gasteiger partial charge in [0, 0.05) is 24.9 Å². The normalized spacial score (nSPS) is 16.7. The molecule has 1 heterocycles. The molecule has 1 atom stereocenters. The van der Waals surface area contributed by atoms with Crippen LogP contribution in [-0.4, -0.2) is 34.0 Å². The fourth-order valence-electron chi connectivity index (χ4n) is 4.73. The third kappa shape index (κ3) is 6.28. The lowest BCUT2D eigenvalue weighted by molar-refractivity contribution is -0.137. The van der Waals surface area contributed by atoms with E-state index in [1.165, 1.54) is 16.0 Å². The molecule has 0 spiro atoms. The highest BCUT2D eigenvalue weighted by atomic mass is 35.5. The summed E-state index contributed by atoms with van der Waals surface area (Å²) in [4.78, 5) is 26.2. The number of carboxylic acids is 1. The van der Waals surface area contributed by atoms with Crippen molar-refractivity contribution in [3.8, 4) is 5.75 Å². The van der Waals surface area contributed by atoms with E-state index in [0.717, 1.165) is 17.7 Å². The summed E-state index contributed by atoms with van der Waals surface area (Å²) in [5, 5.41) is 10.1. The molecule has 1 unspecified atom stereocenters. The van der Waals surface area contributed by atoms with Crippen molar-refractivity contribution < 1.29 is 19.4 Å². The molecule has 7 heteroatoms. The number of hydrogen-bond acceptors (Lipinski definition) is 3. The number of ether oxygens (including phenoxy) is 1. The van der Waals surface area contributed by atoms with E-state index in [9.17, 15) is 14.7 Å². The summed E-state index contributed by atoms with van der Waals surface area (Å²) in [6.07, 6.45) is 1.37. The van der Waals surface area contributed by atoms with Crippen LogP contribution < -0.4 is 4.74 Å². The maximum absolute atomic E-state index is 13.4. The van der Waals surface area contributed by atoms with Crippen molar-refractivity contribution in [3.05, 3.63) is 98.5 Å². The summed E-state index contributed by atoms with van der Waals surface area (Å²) in [5.41, 5.74) is 4.03. The van der Waals surface area contributed by atoms with Crippen molar-refractivity contribution in [2.45, 2.75) is 58.1 Å². The predicted molar refractivity (Wildman–Crippen MR) is 147 cm³/mol. The largest absolute Gasteiger partial charge is 0.487 e. The van der Waals surface area contributed by atoms with Gasteiger partial charge in [-0.3, -0.25) is 9.59 Å². The van der Waals surface area contributed by atoms with Gasteiger partial charge in [0.1, 0.15) is 17.9 Å². The summed E-state index contributed by atoms with van der Waals surface area (Å²) in [5.74, 6) is -0.762. The number of carbonyl (C=O) groups is 2. The lowest BCUT2D eigenvalue weighted by Gasteiger charge is -2.25. The van der Waals surface area contributed by atoms with Crippen LogP contribution in [0, 0.1) is 0 Å². The Bertz CT molecular complexity index is 1330. The van der Waals surface area contributed by atoms with Gasteiger partial charge in [-0.2, -0.15) is 0 Å². The molecule has 194 valence electrons. The van der Waals surface area contributed by atoms with Gasteiger partial charge in [-0.1, -0.05) is 80.4 Å². The molecule has 5 nitrogen and oxygen atoms in total. The maximum Gasteiger partial charge on any atom is 0.323 e. The molecule has 3 aromatic carbocycles. The van der Waals surface area contributed by atoms with Crippen molar-refractivity contribution in [2.24, 2.45) is 0 Å². The number of halogens is 2. The minimum absolute atomic E-state index is 0.0282. The van der Waals surface area contributed by atoms with Gasteiger partial charge in [0.05, 0.1) is 10.0 Å². The van der Waals surface area contributed by atoms with E-state index in [2.05, 4.69) is 52.0 Å². The van der Waals surface area contributed by atoms with E-state index in [-0.39, 0.29) is 12.0 Å². The van der Waals surface area contributed by atoms with Crippen LogP contribution in [0.4, 0.5) is 0 Å². The van der Waals surface area contributed by atoms with E-state index in [1.54, 1.807) is 36.4 Å². The Kier molecular flexibility index (Phi) is 7.59. The molecule has 0 bridgehead atoms. The fraction of sp³-hybridized carbons (Fsp3) is 0.333. The van der Waals surface area contributed by atoms with Crippen LogP contribution in [0.3, 0.4) is 0 Å². The van der Waals surface area contributed by atoms with Crippen LogP contribution >= 0.6 is 23.2 Å². The molecule has 1 amide bonds. The second kappa shape index (κ2) is 10.4. The second-order valence-corrected chi connectivity index (χ2v) is 11.7. The third-order valence-corrected chi connectivity index (χ3v) is 7.49. The number of aliphatic carboxylic acids is 1. The number of rotatable bonds is 7. The molecule has 0 saturated carbocycles. The first-order chi connectivity index (χ1) is 17.3. The quantitative estimate of drug-likeness (QED) is 0.352. The van der Waals surface area contributed by atoms with Gasteiger partial charge in [-0.15, -0.1) is 0 Å². The van der Waals surface area contributed by atoms with Crippen molar-refractivity contribution >= 4 is 35.1 Å². The average Bonchev–Trinajstić information content (AvgIpc) is 3.15. The smallest absolute Gasteiger partial charge is 0.323 e. The van der Waals surface area contributed by atoms with Gasteiger partial charge < -0.3 is 14.7 Å². The molecule has 0 saturated heterocycles. The van der Waals surface area contributed by atoms with E-state index >= 15 is 0 Å². The van der Waals surface area contributed by atoms with Crippen LogP contribution in [-0.2, 0) is 29.6 Å². The first-order valence-corrected chi connectivity index (χ1v) is 13.0. The molecule has 0 radical (unpaired) electrons. The Morgan fingerprint density at radius 1 is 1.05 bits per heavy atom. The first-order valence-electron chi connectivity index (χ1n) is 12.2. The number of carbonyl (C=O) groups excluding carboxylic acids is 1. The number of fused-ring (bicyclic) bond motifs is 1. The SMILES string of the molecule is CC1(Cc2ccc(C(C)(C)C)cc2)Cc2cc(C(=O)N(CC(=O)O)Cc3cccc(Cl)c3Cl)ccc2O1. The van der Waals surface area contributed by atoms with Gasteiger partial charge in [-0.25, -0.2) is 0 Å². The van der Waals surface area contributed by atoms with E-state index in [0.29, 0.717) is 27.6 Å². The Hall–Kier alpha value is -3.02. The molecular weight excluding hydrogens is 509 g/mol. The highest BCUT2D eigenvalue weighted by Crippen LogP contribution is 2.38. The molecule has 4 rings (SSSR count). The lowest BCUT2D eigenvalue weighted by atomic mass is 9.85. The van der Waals surface area contributed by atoms with E-state index in [1.807, 2.05) is 0 Å². The standard InChI is InChI=1S/C30H31Cl2NO4/c1-29(2,3)23-11-8-19(9-12-23)15-30(4)16-22-14-20(10-13-25(22)37-30)28(36)33(18-26(34)35)17-21-6-5-7-24(31)27(21)32/h5-14H,15-18H2,1-4H3,(H,34,35). The number of carboxylic acid groups (broad SMARTS) is 1. The topological polar surface area (TPSA) is 66.8 Å². The monoisotopic (exact) mass is 539 g/mol. The number of benzene rings is 3. The molecule has 1 aliphatic rings. The molecular formula is C30H31Cl2NO4. The second-order valence-electron chi connectivity index (χ2n) is 10.9. The van der Waals surface area contributed by atoms with Crippen LogP contribution in [0.15, 0.2) is 60.7 Å². The summed E-state index contributed by atoms with van der Waals surface area (Å²) >= 11 is 12.4. The Labute approximate surface area is 228 Å². The van der Waals surface area contributed by atoms with Gasteiger partial charge in [0.2, 0.25) is 0 Å². The first kappa shape index (κ1) is 27.0. The van der Waals surface area contributed by atoms with Crippen molar-refractivity contribution in [1.29, 1.82) is 0 Å². The Balaban J connectivity index is 1.52. The molecule has 0 aromatic heterocycles. The number of amides is 1. The third-order valence-electron chi connectivity index (χ3n) is 6.63. The van der Waals surface area contributed by atoms with Crippen LogP contribution in [0.5, 0.6) is 5.75 Å². The van der Waals surface area contributed by atoms with Crippen molar-refractivity contribution in [2.75, 3.05) is 6.54 Å². The minimum Gasteiger partial charge on any atom is -0.487 e. The van der Waals surface area contributed by atoms with E-state index < -0.39 is 24.0 Å². The zero-order valence-electron chi connectivity index (χ0n) is 21.5. The fourth-order valence-corrected chi connectivity index (χ4v) is 5.11. The van der Waals surface area contributed by atoms with Gasteiger partial charge >= 0.3 is 5.97 Å². The molecule has 37 heavy (non-hydrogen) atoms. The Morgan fingerprint density at radius 2 is 1.76 bits per heavy atom. The molecule has 0 fully saturated rings. The maximum atomic E-state index is 13.4. The van der Waals surface area contributed by atoms with Gasteiger partial charge in [0.25, 0.3) is 5.91 Å². The average molecular weight is 540 g/mol. The summed E-state index contributed by atoms with van der Waals surface area (Å²) in [7, 11) is 0. The zero-order chi connectivity index (χ0) is 27.0. The predicted octanol–water partition coefficient (Wildman–Crippen LogP) is 6.95. The molecule has 1 N–H and O–H groups in total. The number of nitrogens with zero attached hydrogens (tertiary/aromatic N) is 1. The van der Waals surface area contributed by atoms with Crippen molar-refractivity contribution in [1.82, 2.24) is 4.90 Å². The van der Waals surface area contributed by atoms with Crippen LogP contribution in [0.1, 0.15) is 60.3 Å². The summed E-state index contributed by atoms with van der Waals surface area (Å²) in [6.45, 7) is 8.22. The molecule has 3 aromatic rings. The van der Waals surface area contributed by atoms with Crippen LogP contribution in [0.2, 0.25) is 10.0 Å². The molecule has 0 aliphatic carbocycles. The van der Waals surface area contributed by atoms with Gasteiger partial charge in [0.15, 0.2) is 0 Å². The minimum atomic E-state index is -1.11. The van der Waals surface area contributed by atoms with Gasteiger partial charge in [-0.05, 0) is 58.9 Å². The zero-order valence-corrected chi connectivity index (χ0v) is 23.0. The highest BCUT2D eigenvalue weighted by Gasteiger charge is 2.36. The summed E-state index contributed by atoms with van der Waals surface area (Å²) in [6, 6.07) is 19.0. The lowest BCUT2D eigenvalue weighted by Crippen LogP contribution is -2.35. The molecule has 1 aliphatic heterocycles. The van der Waals surface area contributed by atoms with E-state index in [4.69, 9.17) is 27.9 Å². The highest BCUT2D eigenvalue weighted by molar-refractivity contribution is 6.42. The Morgan fingerprint density at radius 3 is 2.41 bits per heavy atom. The number of hydrogen-bond donors (Lipinski definition) is 1.